The van der Waals surface area contributed by atoms with Crippen molar-refractivity contribution in [2.75, 3.05) is 5.32 Å². The first-order valence-electron chi connectivity index (χ1n) is 6.25. The third-order valence-corrected chi connectivity index (χ3v) is 3.80. The van der Waals surface area contributed by atoms with E-state index in [0.29, 0.717) is 5.84 Å². The summed E-state index contributed by atoms with van der Waals surface area (Å²) in [6.07, 6.45) is 5.52. The molecular weight excluding hydrogens is 268 g/mol. The van der Waals surface area contributed by atoms with E-state index < -0.39 is 0 Å². The van der Waals surface area contributed by atoms with Gasteiger partial charge in [0.25, 0.3) is 0 Å². The second-order valence-corrected chi connectivity index (χ2v) is 5.36. The average Bonchev–Trinajstić information content (AvgIpc) is 3.13. The van der Waals surface area contributed by atoms with E-state index in [9.17, 15) is 0 Å². The highest BCUT2D eigenvalue weighted by molar-refractivity contribution is 7.12. The molecule has 0 atom stereocenters. The molecule has 0 radical (unpaired) electrons. The van der Waals surface area contributed by atoms with Crippen LogP contribution in [0.5, 0.6) is 0 Å². The van der Waals surface area contributed by atoms with Crippen molar-refractivity contribution in [1.82, 2.24) is 9.55 Å². The Kier molecular flexibility index (Phi) is 3.60. The van der Waals surface area contributed by atoms with Gasteiger partial charge in [-0.1, -0.05) is 18.2 Å². The summed E-state index contributed by atoms with van der Waals surface area (Å²) in [6, 6.07) is 12.0. The molecular formula is C15H14N4S. The van der Waals surface area contributed by atoms with Gasteiger partial charge >= 0.3 is 0 Å². The molecule has 0 saturated heterocycles. The summed E-state index contributed by atoms with van der Waals surface area (Å²) in [7, 11) is 0. The third-order valence-electron chi connectivity index (χ3n) is 2.92. The van der Waals surface area contributed by atoms with Gasteiger partial charge in [-0.2, -0.15) is 0 Å². The lowest BCUT2D eigenvalue weighted by molar-refractivity contribution is 0.797. The van der Waals surface area contributed by atoms with E-state index in [1.54, 1.807) is 23.9 Å². The van der Waals surface area contributed by atoms with Gasteiger partial charge in [-0.15, -0.1) is 11.3 Å². The van der Waals surface area contributed by atoms with Gasteiger partial charge in [-0.05, 0) is 29.1 Å². The first kappa shape index (κ1) is 12.6. The molecule has 0 unspecified atom stereocenters. The first-order chi connectivity index (χ1) is 9.81. The van der Waals surface area contributed by atoms with E-state index in [1.807, 2.05) is 40.4 Å². The number of rotatable bonds is 4. The number of nitrogens with zero attached hydrogens (tertiary/aromatic N) is 2. The van der Waals surface area contributed by atoms with E-state index in [2.05, 4.69) is 22.4 Å². The molecule has 0 aliphatic heterocycles. The van der Waals surface area contributed by atoms with Crippen LogP contribution in [-0.4, -0.2) is 15.4 Å². The zero-order chi connectivity index (χ0) is 13.8. The van der Waals surface area contributed by atoms with Gasteiger partial charge in [0.1, 0.15) is 5.84 Å². The lowest BCUT2D eigenvalue weighted by Crippen LogP contribution is -2.10. The van der Waals surface area contributed by atoms with Crippen molar-refractivity contribution in [1.29, 1.82) is 5.41 Å². The summed E-state index contributed by atoms with van der Waals surface area (Å²) in [5.41, 5.74) is 2.13. The summed E-state index contributed by atoms with van der Waals surface area (Å²) < 4.78 is 2.02. The number of hydrogen-bond donors (Lipinski definition) is 2. The molecule has 0 bridgehead atoms. The number of nitrogens with one attached hydrogen (secondary N) is 2. The summed E-state index contributed by atoms with van der Waals surface area (Å²) in [6.45, 7) is 0.808. The maximum atomic E-state index is 7.98. The molecule has 2 heterocycles. The number of aromatic nitrogens is 2. The Balaban J connectivity index is 1.65. The Bertz CT molecular complexity index is 669. The largest absolute Gasteiger partial charge is 0.340 e. The Morgan fingerprint density at radius 2 is 2.10 bits per heavy atom. The fraction of sp³-hybridized carbons (Fsp3) is 0.0667. The Labute approximate surface area is 121 Å². The standard InChI is InChI=1S/C15H14N4S/c16-15(14-2-1-9-20-14)18-13-5-3-12(4-6-13)10-19-8-7-17-11-19/h1-9,11H,10H2,(H2,16,18). The molecule has 20 heavy (non-hydrogen) atoms. The number of thiophene rings is 1. The fourth-order valence-corrected chi connectivity index (χ4v) is 2.54. The minimum Gasteiger partial charge on any atom is -0.340 e. The molecule has 3 aromatic rings. The second kappa shape index (κ2) is 5.71. The van der Waals surface area contributed by atoms with E-state index in [4.69, 9.17) is 5.41 Å². The molecule has 0 spiro atoms. The number of hydrogen-bond acceptors (Lipinski definition) is 3. The smallest absolute Gasteiger partial charge is 0.140 e. The fourth-order valence-electron chi connectivity index (χ4n) is 1.91. The van der Waals surface area contributed by atoms with Crippen molar-refractivity contribution in [2.24, 2.45) is 0 Å². The quantitative estimate of drug-likeness (QED) is 0.569. The zero-order valence-electron chi connectivity index (χ0n) is 10.8. The Morgan fingerprint density at radius 1 is 1.25 bits per heavy atom. The highest BCUT2D eigenvalue weighted by Crippen LogP contribution is 2.14. The predicted octanol–water partition coefficient (Wildman–Crippen LogP) is 3.43. The van der Waals surface area contributed by atoms with Crippen LogP contribution in [0.25, 0.3) is 0 Å². The lowest BCUT2D eigenvalue weighted by Gasteiger charge is -2.08. The number of imidazole rings is 1. The summed E-state index contributed by atoms with van der Waals surface area (Å²) in [4.78, 5) is 4.96. The molecule has 0 fully saturated rings. The molecule has 2 aromatic heterocycles. The topological polar surface area (TPSA) is 53.7 Å². The van der Waals surface area contributed by atoms with Crippen molar-refractivity contribution in [2.45, 2.75) is 6.54 Å². The van der Waals surface area contributed by atoms with Crippen LogP contribution in [-0.2, 0) is 6.54 Å². The van der Waals surface area contributed by atoms with E-state index in [1.165, 1.54) is 5.56 Å². The highest BCUT2D eigenvalue weighted by atomic mass is 32.1. The SMILES string of the molecule is N=C(Nc1ccc(Cn2ccnc2)cc1)c1cccs1. The van der Waals surface area contributed by atoms with Gasteiger partial charge in [-0.25, -0.2) is 4.98 Å². The van der Waals surface area contributed by atoms with Crippen molar-refractivity contribution in [3.05, 3.63) is 70.9 Å². The van der Waals surface area contributed by atoms with Crippen LogP contribution in [0.2, 0.25) is 0 Å². The van der Waals surface area contributed by atoms with Gasteiger partial charge in [0.15, 0.2) is 0 Å². The van der Waals surface area contributed by atoms with E-state index in [0.717, 1.165) is 17.1 Å². The highest BCUT2D eigenvalue weighted by Gasteiger charge is 2.02. The monoisotopic (exact) mass is 282 g/mol. The van der Waals surface area contributed by atoms with Crippen LogP contribution >= 0.6 is 11.3 Å². The maximum absolute atomic E-state index is 7.98. The molecule has 1 aromatic carbocycles. The average molecular weight is 282 g/mol. The zero-order valence-corrected chi connectivity index (χ0v) is 11.6. The molecule has 0 aliphatic rings. The molecule has 2 N–H and O–H groups in total. The van der Waals surface area contributed by atoms with Crippen LogP contribution in [0.4, 0.5) is 5.69 Å². The van der Waals surface area contributed by atoms with Crippen molar-refractivity contribution in [3.63, 3.8) is 0 Å². The van der Waals surface area contributed by atoms with Gasteiger partial charge in [0.2, 0.25) is 0 Å². The molecule has 0 amide bonds. The minimum absolute atomic E-state index is 0.433. The van der Waals surface area contributed by atoms with Gasteiger partial charge in [0.05, 0.1) is 11.2 Å². The van der Waals surface area contributed by atoms with Gasteiger partial charge in [-0.3, -0.25) is 5.41 Å². The minimum atomic E-state index is 0.433. The molecule has 100 valence electrons. The predicted molar refractivity (Wildman–Crippen MR) is 82.5 cm³/mol. The van der Waals surface area contributed by atoms with Crippen molar-refractivity contribution < 1.29 is 0 Å². The van der Waals surface area contributed by atoms with Gasteiger partial charge < -0.3 is 9.88 Å². The second-order valence-electron chi connectivity index (χ2n) is 4.41. The van der Waals surface area contributed by atoms with Crippen LogP contribution < -0.4 is 5.32 Å². The van der Waals surface area contributed by atoms with Crippen LogP contribution in [0.3, 0.4) is 0 Å². The van der Waals surface area contributed by atoms with Crippen molar-refractivity contribution >= 4 is 22.9 Å². The summed E-state index contributed by atoms with van der Waals surface area (Å²) >= 11 is 1.56. The normalized spacial score (nSPS) is 10.4. The summed E-state index contributed by atoms with van der Waals surface area (Å²) in [5, 5.41) is 13.1. The van der Waals surface area contributed by atoms with Crippen molar-refractivity contribution in [3.8, 4) is 0 Å². The van der Waals surface area contributed by atoms with Gasteiger partial charge in [0, 0.05) is 24.6 Å². The van der Waals surface area contributed by atoms with Crippen LogP contribution in [0.15, 0.2) is 60.5 Å². The summed E-state index contributed by atoms with van der Waals surface area (Å²) in [5.74, 6) is 0.433. The van der Waals surface area contributed by atoms with E-state index >= 15 is 0 Å². The molecule has 5 heteroatoms. The maximum Gasteiger partial charge on any atom is 0.140 e. The number of benzene rings is 1. The van der Waals surface area contributed by atoms with E-state index in [-0.39, 0.29) is 0 Å². The first-order valence-corrected chi connectivity index (χ1v) is 7.13. The Hall–Kier alpha value is -2.40. The third kappa shape index (κ3) is 2.95. The molecule has 4 nitrogen and oxygen atoms in total. The molecule has 3 rings (SSSR count). The number of amidine groups is 1. The Morgan fingerprint density at radius 3 is 2.75 bits per heavy atom. The van der Waals surface area contributed by atoms with Crippen LogP contribution in [0, 0.1) is 5.41 Å². The lowest BCUT2D eigenvalue weighted by atomic mass is 10.2. The van der Waals surface area contributed by atoms with Crippen LogP contribution in [0.1, 0.15) is 10.4 Å². The number of anilines is 1. The molecule has 0 aliphatic carbocycles. The molecule has 0 saturated carbocycles.